The van der Waals surface area contributed by atoms with E-state index in [4.69, 9.17) is 14.2 Å². The first-order chi connectivity index (χ1) is 13.5. The van der Waals surface area contributed by atoms with E-state index in [0.717, 1.165) is 5.82 Å². The summed E-state index contributed by atoms with van der Waals surface area (Å²) in [6.07, 6.45) is 0. The molecule has 0 radical (unpaired) electrons. The second-order valence-corrected chi connectivity index (χ2v) is 6.29. The topological polar surface area (TPSA) is 89.1 Å². The molecule has 1 N–H and O–H groups in total. The molecule has 9 nitrogen and oxygen atoms in total. The van der Waals surface area contributed by atoms with Gasteiger partial charge in [0.25, 0.3) is 0 Å². The Bertz CT molecular complexity index is 837. The maximum Gasteiger partial charge on any atom is 0.322 e. The van der Waals surface area contributed by atoms with Gasteiger partial charge in [0.05, 0.1) is 27.0 Å². The molecule has 1 fully saturated rings. The fraction of sp³-hybridized carbons (Fsp3) is 0.421. The van der Waals surface area contributed by atoms with Gasteiger partial charge in [-0.25, -0.2) is 9.78 Å². The second kappa shape index (κ2) is 8.64. The number of nitrogens with one attached hydrogen (secondary N) is 1. The number of hydrogen-bond acceptors (Lipinski definition) is 7. The van der Waals surface area contributed by atoms with Crippen molar-refractivity contribution < 1.29 is 19.0 Å². The lowest BCUT2D eigenvalue weighted by atomic mass is 10.2. The lowest BCUT2D eigenvalue weighted by Gasteiger charge is -2.35. The molecule has 0 atom stereocenters. The summed E-state index contributed by atoms with van der Waals surface area (Å²) in [7, 11) is 4.73. The summed E-state index contributed by atoms with van der Waals surface area (Å²) >= 11 is 0. The summed E-state index contributed by atoms with van der Waals surface area (Å²) in [6.45, 7) is 4.31. The van der Waals surface area contributed by atoms with Crippen LogP contribution in [0.25, 0.3) is 0 Å². The average molecular weight is 387 g/mol. The van der Waals surface area contributed by atoms with Crippen molar-refractivity contribution in [2.24, 2.45) is 0 Å². The number of aromatic nitrogens is 2. The van der Waals surface area contributed by atoms with Crippen LogP contribution < -0.4 is 24.4 Å². The number of piperazine rings is 1. The quantitative estimate of drug-likeness (QED) is 0.841. The zero-order valence-electron chi connectivity index (χ0n) is 16.6. The predicted octanol–water partition coefficient (Wildman–Crippen LogP) is 2.16. The van der Waals surface area contributed by atoms with Gasteiger partial charge in [0.2, 0.25) is 5.88 Å². The summed E-state index contributed by atoms with van der Waals surface area (Å²) in [4.78, 5) is 25.3. The number of carbonyl (C=O) groups excluding carboxylic acids is 1. The number of benzene rings is 1. The molecular weight excluding hydrogens is 362 g/mol. The van der Waals surface area contributed by atoms with Crippen molar-refractivity contribution in [3.05, 3.63) is 30.1 Å². The highest BCUT2D eigenvalue weighted by atomic mass is 16.5. The number of anilines is 2. The van der Waals surface area contributed by atoms with Gasteiger partial charge in [0.15, 0.2) is 0 Å². The van der Waals surface area contributed by atoms with Crippen LogP contribution in [0.4, 0.5) is 16.3 Å². The zero-order valence-corrected chi connectivity index (χ0v) is 16.6. The van der Waals surface area contributed by atoms with Crippen LogP contribution in [0.3, 0.4) is 0 Å². The number of rotatable bonds is 5. The number of carbonyl (C=O) groups is 1. The summed E-state index contributed by atoms with van der Waals surface area (Å²) in [5, 5.41) is 2.91. The van der Waals surface area contributed by atoms with Crippen LogP contribution in [-0.2, 0) is 0 Å². The summed E-state index contributed by atoms with van der Waals surface area (Å²) in [5.41, 5.74) is 0.574. The number of methoxy groups -OCH3 is 3. The van der Waals surface area contributed by atoms with Crippen molar-refractivity contribution in [3.8, 4) is 17.4 Å². The van der Waals surface area contributed by atoms with Crippen molar-refractivity contribution in [2.45, 2.75) is 6.92 Å². The number of urea groups is 1. The smallest absolute Gasteiger partial charge is 0.322 e. The molecule has 1 saturated heterocycles. The third kappa shape index (κ3) is 4.36. The molecule has 1 aliphatic heterocycles. The van der Waals surface area contributed by atoms with Crippen LogP contribution >= 0.6 is 0 Å². The summed E-state index contributed by atoms with van der Waals surface area (Å²) in [5.74, 6) is 3.22. The third-order valence-corrected chi connectivity index (χ3v) is 4.55. The SMILES string of the molecule is COc1ccc(OC)c(NC(=O)N2CCN(c3cc(OC)nc(C)n3)CC2)c1. The van der Waals surface area contributed by atoms with E-state index in [-0.39, 0.29) is 6.03 Å². The predicted molar refractivity (Wildman–Crippen MR) is 106 cm³/mol. The fourth-order valence-corrected chi connectivity index (χ4v) is 3.04. The van der Waals surface area contributed by atoms with Gasteiger partial charge in [0.1, 0.15) is 23.1 Å². The van der Waals surface area contributed by atoms with E-state index in [1.165, 1.54) is 0 Å². The molecule has 28 heavy (non-hydrogen) atoms. The lowest BCUT2D eigenvalue weighted by molar-refractivity contribution is 0.208. The van der Waals surface area contributed by atoms with Gasteiger partial charge in [-0.1, -0.05) is 0 Å². The zero-order chi connectivity index (χ0) is 20.1. The maximum atomic E-state index is 12.7. The maximum absolute atomic E-state index is 12.7. The van der Waals surface area contributed by atoms with Crippen molar-refractivity contribution >= 4 is 17.5 Å². The minimum absolute atomic E-state index is 0.178. The number of ether oxygens (including phenoxy) is 3. The molecule has 0 aliphatic carbocycles. The Morgan fingerprint density at radius 1 is 1.00 bits per heavy atom. The summed E-state index contributed by atoms with van der Waals surface area (Å²) in [6, 6.07) is 6.91. The standard InChI is InChI=1S/C19H25N5O4/c1-13-20-17(12-18(21-13)28-4)23-7-9-24(10-8-23)19(25)22-15-11-14(26-2)5-6-16(15)27-3/h5-6,11-12H,7-10H2,1-4H3,(H,22,25). The van der Waals surface area contributed by atoms with E-state index in [9.17, 15) is 4.79 Å². The Hall–Kier alpha value is -3.23. The first-order valence-corrected chi connectivity index (χ1v) is 8.96. The molecule has 0 spiro atoms. The van der Waals surface area contributed by atoms with E-state index in [0.29, 0.717) is 55.1 Å². The van der Waals surface area contributed by atoms with Crippen molar-refractivity contribution in [2.75, 3.05) is 57.7 Å². The van der Waals surface area contributed by atoms with Crippen molar-refractivity contribution in [3.63, 3.8) is 0 Å². The van der Waals surface area contributed by atoms with Crippen LogP contribution in [0.1, 0.15) is 5.82 Å². The van der Waals surface area contributed by atoms with Gasteiger partial charge in [0, 0.05) is 38.3 Å². The molecule has 1 aromatic heterocycles. The van der Waals surface area contributed by atoms with Gasteiger partial charge in [-0.2, -0.15) is 4.98 Å². The largest absolute Gasteiger partial charge is 0.497 e. The molecule has 2 heterocycles. The Labute approximate surface area is 164 Å². The first kappa shape index (κ1) is 19.5. The van der Waals surface area contributed by atoms with E-state index < -0.39 is 0 Å². The Morgan fingerprint density at radius 3 is 2.39 bits per heavy atom. The monoisotopic (exact) mass is 387 g/mol. The van der Waals surface area contributed by atoms with Crippen LogP contribution in [0, 0.1) is 6.92 Å². The van der Waals surface area contributed by atoms with Crippen LogP contribution in [-0.4, -0.2) is 68.4 Å². The van der Waals surface area contributed by atoms with E-state index >= 15 is 0 Å². The number of hydrogen-bond donors (Lipinski definition) is 1. The van der Waals surface area contributed by atoms with Gasteiger partial charge in [-0.05, 0) is 19.1 Å². The molecule has 0 bridgehead atoms. The highest BCUT2D eigenvalue weighted by molar-refractivity contribution is 5.91. The van der Waals surface area contributed by atoms with Crippen molar-refractivity contribution in [1.29, 1.82) is 0 Å². The van der Waals surface area contributed by atoms with Crippen LogP contribution in [0.5, 0.6) is 17.4 Å². The highest BCUT2D eigenvalue weighted by Gasteiger charge is 2.23. The van der Waals surface area contributed by atoms with E-state index in [2.05, 4.69) is 20.2 Å². The number of nitrogens with zero attached hydrogens (tertiary/aromatic N) is 4. The highest BCUT2D eigenvalue weighted by Crippen LogP contribution is 2.29. The summed E-state index contributed by atoms with van der Waals surface area (Å²) < 4.78 is 15.8. The minimum atomic E-state index is -0.178. The Balaban J connectivity index is 1.64. The van der Waals surface area contributed by atoms with Crippen LogP contribution in [0.2, 0.25) is 0 Å². The second-order valence-electron chi connectivity index (χ2n) is 6.29. The van der Waals surface area contributed by atoms with E-state index in [1.54, 1.807) is 44.4 Å². The van der Waals surface area contributed by atoms with Gasteiger partial charge >= 0.3 is 6.03 Å². The molecule has 0 saturated carbocycles. The average Bonchev–Trinajstić information content (AvgIpc) is 2.73. The van der Waals surface area contributed by atoms with Gasteiger partial charge in [-0.15, -0.1) is 0 Å². The molecular formula is C19H25N5O4. The molecule has 0 unspecified atom stereocenters. The van der Waals surface area contributed by atoms with Gasteiger partial charge < -0.3 is 29.3 Å². The molecule has 1 aliphatic rings. The first-order valence-electron chi connectivity index (χ1n) is 8.96. The fourth-order valence-electron chi connectivity index (χ4n) is 3.04. The third-order valence-electron chi connectivity index (χ3n) is 4.55. The molecule has 2 amide bonds. The molecule has 150 valence electrons. The lowest BCUT2D eigenvalue weighted by Crippen LogP contribution is -2.50. The molecule has 9 heteroatoms. The Morgan fingerprint density at radius 2 is 1.75 bits per heavy atom. The number of amides is 2. The molecule has 2 aromatic rings. The number of aryl methyl sites for hydroxylation is 1. The molecule has 3 rings (SSSR count). The Kier molecular flexibility index (Phi) is 6.03. The normalized spacial score (nSPS) is 13.9. The minimum Gasteiger partial charge on any atom is -0.497 e. The van der Waals surface area contributed by atoms with Gasteiger partial charge in [-0.3, -0.25) is 0 Å². The van der Waals surface area contributed by atoms with Crippen molar-refractivity contribution in [1.82, 2.24) is 14.9 Å². The molecule has 1 aromatic carbocycles. The van der Waals surface area contributed by atoms with Crippen LogP contribution in [0.15, 0.2) is 24.3 Å². The van der Waals surface area contributed by atoms with E-state index in [1.807, 2.05) is 13.0 Å².